The molecule has 2 aromatic rings. The van der Waals surface area contributed by atoms with Gasteiger partial charge in [0.05, 0.1) is 17.5 Å². The summed E-state index contributed by atoms with van der Waals surface area (Å²) in [5, 5.41) is 23.1. The van der Waals surface area contributed by atoms with E-state index in [9.17, 15) is 9.90 Å². The Morgan fingerprint density at radius 1 is 1.65 bits per heavy atom. The molecule has 1 aliphatic rings. The lowest BCUT2D eigenvalue weighted by Crippen LogP contribution is -2.29. The molecule has 0 spiro atoms. The van der Waals surface area contributed by atoms with E-state index >= 15 is 0 Å². The van der Waals surface area contributed by atoms with E-state index in [1.807, 2.05) is 16.8 Å². The van der Waals surface area contributed by atoms with E-state index in [1.54, 1.807) is 0 Å². The minimum absolute atomic E-state index is 0.140. The number of carbonyl (C=O) groups excluding carboxylic acids is 1. The average molecular weight is 292 g/mol. The number of hydrogen-bond acceptors (Lipinski definition) is 5. The molecule has 6 nitrogen and oxygen atoms in total. The van der Waals surface area contributed by atoms with Crippen LogP contribution in [0.3, 0.4) is 0 Å². The highest BCUT2D eigenvalue weighted by molar-refractivity contribution is 7.07. The number of nitrogens with one attached hydrogen (secondary N) is 2. The largest absolute Gasteiger partial charge is 0.395 e. The van der Waals surface area contributed by atoms with E-state index in [1.165, 1.54) is 11.3 Å². The maximum atomic E-state index is 12.0. The van der Waals surface area contributed by atoms with Crippen molar-refractivity contribution in [2.45, 2.75) is 24.9 Å². The van der Waals surface area contributed by atoms with Crippen LogP contribution < -0.4 is 11.1 Å². The summed E-state index contributed by atoms with van der Waals surface area (Å²) >= 11 is 1.50. The predicted molar refractivity (Wildman–Crippen MR) is 76.6 cm³/mol. The number of anilines is 1. The summed E-state index contributed by atoms with van der Waals surface area (Å²) in [6, 6.07) is 1.83. The van der Waals surface area contributed by atoms with Gasteiger partial charge in [-0.25, -0.2) is 0 Å². The van der Waals surface area contributed by atoms with Gasteiger partial charge in [-0.2, -0.15) is 16.4 Å². The van der Waals surface area contributed by atoms with Gasteiger partial charge in [0.2, 0.25) is 0 Å². The van der Waals surface area contributed by atoms with Crippen LogP contribution in [0.15, 0.2) is 16.8 Å². The Hall–Kier alpha value is -1.86. The number of nitrogens with zero attached hydrogens (tertiary/aromatic N) is 1. The van der Waals surface area contributed by atoms with Crippen molar-refractivity contribution in [1.82, 2.24) is 15.5 Å². The Kier molecular flexibility index (Phi) is 3.45. The van der Waals surface area contributed by atoms with Crippen LogP contribution in [0.1, 0.15) is 46.6 Å². The Morgan fingerprint density at radius 2 is 2.45 bits per heavy atom. The molecule has 0 radical (unpaired) electrons. The number of hydrogen-bond donors (Lipinski definition) is 4. The third kappa shape index (κ3) is 2.54. The standard InChI is InChI=1S/C13H16N4O2S/c14-10-11(7-1-2-7)16-17-12(10)13(19)15-5-9(18)8-3-4-20-6-8/h3-4,6-7,9,18H,1-2,5,14H2,(H,15,19)(H,16,17). The van der Waals surface area contributed by atoms with Gasteiger partial charge in [-0.05, 0) is 35.2 Å². The zero-order valence-electron chi connectivity index (χ0n) is 10.8. The number of aromatic nitrogens is 2. The first-order chi connectivity index (χ1) is 9.66. The molecule has 0 aliphatic heterocycles. The molecule has 1 saturated carbocycles. The lowest BCUT2D eigenvalue weighted by Gasteiger charge is -2.09. The van der Waals surface area contributed by atoms with Crippen molar-refractivity contribution < 1.29 is 9.90 Å². The number of nitrogen functional groups attached to an aromatic ring is 1. The molecular weight excluding hydrogens is 276 g/mol. The predicted octanol–water partition coefficient (Wildman–Crippen LogP) is 1.39. The number of aliphatic hydroxyl groups excluding tert-OH is 1. The lowest BCUT2D eigenvalue weighted by atomic mass is 10.2. The van der Waals surface area contributed by atoms with Crippen molar-refractivity contribution >= 4 is 22.9 Å². The molecule has 106 valence electrons. The number of H-pyrrole nitrogens is 1. The smallest absolute Gasteiger partial charge is 0.274 e. The molecule has 1 unspecified atom stereocenters. The van der Waals surface area contributed by atoms with E-state index in [-0.39, 0.29) is 18.1 Å². The number of aliphatic hydroxyl groups is 1. The van der Waals surface area contributed by atoms with Crippen molar-refractivity contribution in [3.8, 4) is 0 Å². The van der Waals surface area contributed by atoms with Gasteiger partial charge in [0.1, 0.15) is 0 Å². The molecular formula is C13H16N4O2S. The van der Waals surface area contributed by atoms with Gasteiger partial charge in [-0.15, -0.1) is 0 Å². The maximum absolute atomic E-state index is 12.0. The molecule has 5 N–H and O–H groups in total. The average Bonchev–Trinajstić information content (AvgIpc) is 2.99. The minimum atomic E-state index is -0.715. The number of nitrogens with two attached hydrogens (primary N) is 1. The van der Waals surface area contributed by atoms with E-state index in [0.717, 1.165) is 24.1 Å². The molecule has 1 amide bonds. The summed E-state index contributed by atoms with van der Waals surface area (Å²) in [4.78, 5) is 12.0. The summed E-state index contributed by atoms with van der Waals surface area (Å²) in [5.41, 5.74) is 8.22. The fourth-order valence-electron chi connectivity index (χ4n) is 2.08. The molecule has 1 aliphatic carbocycles. The molecule has 0 saturated heterocycles. The Labute approximate surface area is 120 Å². The highest BCUT2D eigenvalue weighted by atomic mass is 32.1. The summed E-state index contributed by atoms with van der Waals surface area (Å²) in [6.45, 7) is 0.140. The summed E-state index contributed by atoms with van der Waals surface area (Å²) in [5.74, 6) is 0.0559. The van der Waals surface area contributed by atoms with E-state index in [0.29, 0.717) is 11.6 Å². The first kappa shape index (κ1) is 13.1. The normalized spacial score (nSPS) is 16.1. The molecule has 2 aromatic heterocycles. The molecule has 20 heavy (non-hydrogen) atoms. The summed E-state index contributed by atoms with van der Waals surface area (Å²) in [7, 11) is 0. The number of rotatable bonds is 5. The zero-order chi connectivity index (χ0) is 14.1. The quantitative estimate of drug-likeness (QED) is 0.668. The van der Waals surface area contributed by atoms with Gasteiger partial charge in [0, 0.05) is 12.5 Å². The zero-order valence-corrected chi connectivity index (χ0v) is 11.6. The highest BCUT2D eigenvalue weighted by Gasteiger charge is 2.30. The van der Waals surface area contributed by atoms with Crippen LogP contribution in [0.4, 0.5) is 5.69 Å². The highest BCUT2D eigenvalue weighted by Crippen LogP contribution is 2.42. The third-order valence-corrected chi connectivity index (χ3v) is 4.12. The summed E-state index contributed by atoms with van der Waals surface area (Å²) in [6.07, 6.45) is 1.46. The summed E-state index contributed by atoms with van der Waals surface area (Å²) < 4.78 is 0. The molecule has 1 atom stereocenters. The molecule has 3 rings (SSSR count). The Morgan fingerprint density at radius 3 is 3.10 bits per heavy atom. The first-order valence-electron chi connectivity index (χ1n) is 6.49. The number of amides is 1. The van der Waals surface area contributed by atoms with Crippen molar-refractivity contribution in [2.24, 2.45) is 0 Å². The van der Waals surface area contributed by atoms with Crippen LogP contribution in [0.2, 0.25) is 0 Å². The number of aromatic amines is 1. The second-order valence-electron chi connectivity index (χ2n) is 4.96. The van der Waals surface area contributed by atoms with Crippen LogP contribution in [0.5, 0.6) is 0 Å². The van der Waals surface area contributed by atoms with Gasteiger partial charge < -0.3 is 16.2 Å². The van der Waals surface area contributed by atoms with Gasteiger partial charge in [0.15, 0.2) is 5.69 Å². The van der Waals surface area contributed by atoms with Crippen molar-refractivity contribution in [3.05, 3.63) is 33.8 Å². The van der Waals surface area contributed by atoms with Crippen LogP contribution in [-0.4, -0.2) is 27.8 Å². The SMILES string of the molecule is Nc1c(C(=O)NCC(O)c2ccsc2)n[nH]c1C1CC1. The topological polar surface area (TPSA) is 104 Å². The van der Waals surface area contributed by atoms with E-state index in [2.05, 4.69) is 15.5 Å². The van der Waals surface area contributed by atoms with Crippen molar-refractivity contribution in [1.29, 1.82) is 0 Å². The van der Waals surface area contributed by atoms with Crippen molar-refractivity contribution in [3.63, 3.8) is 0 Å². The molecule has 1 fully saturated rings. The van der Waals surface area contributed by atoms with Crippen LogP contribution in [0, 0.1) is 0 Å². The molecule has 0 aromatic carbocycles. The fraction of sp³-hybridized carbons (Fsp3) is 0.385. The Bertz CT molecular complexity index is 604. The van der Waals surface area contributed by atoms with Crippen LogP contribution in [0.25, 0.3) is 0 Å². The van der Waals surface area contributed by atoms with E-state index < -0.39 is 6.10 Å². The van der Waals surface area contributed by atoms with Crippen LogP contribution >= 0.6 is 11.3 Å². The second kappa shape index (κ2) is 5.26. The minimum Gasteiger partial charge on any atom is -0.395 e. The molecule has 7 heteroatoms. The van der Waals surface area contributed by atoms with Gasteiger partial charge in [-0.3, -0.25) is 9.89 Å². The van der Waals surface area contributed by atoms with Crippen molar-refractivity contribution in [2.75, 3.05) is 12.3 Å². The number of thiophene rings is 1. The van der Waals surface area contributed by atoms with E-state index in [4.69, 9.17) is 5.73 Å². The maximum Gasteiger partial charge on any atom is 0.274 e. The van der Waals surface area contributed by atoms with Crippen LogP contribution in [-0.2, 0) is 0 Å². The van der Waals surface area contributed by atoms with Gasteiger partial charge in [0.25, 0.3) is 5.91 Å². The fourth-order valence-corrected chi connectivity index (χ4v) is 2.78. The third-order valence-electron chi connectivity index (χ3n) is 3.42. The monoisotopic (exact) mass is 292 g/mol. The Balaban J connectivity index is 1.62. The van der Waals surface area contributed by atoms with Gasteiger partial charge >= 0.3 is 0 Å². The number of carbonyl (C=O) groups is 1. The first-order valence-corrected chi connectivity index (χ1v) is 7.43. The van der Waals surface area contributed by atoms with Gasteiger partial charge in [-0.1, -0.05) is 0 Å². The lowest BCUT2D eigenvalue weighted by molar-refractivity contribution is 0.0912. The molecule has 2 heterocycles. The second-order valence-corrected chi connectivity index (χ2v) is 5.74. The molecule has 0 bridgehead atoms.